The van der Waals surface area contributed by atoms with Crippen LogP contribution in [0.5, 0.6) is 0 Å². The van der Waals surface area contributed by atoms with Gasteiger partial charge in [0.25, 0.3) is 0 Å². The first kappa shape index (κ1) is 23.0. The highest BCUT2D eigenvalue weighted by Gasteiger charge is 2.37. The van der Waals surface area contributed by atoms with E-state index in [0.29, 0.717) is 5.56 Å². The summed E-state index contributed by atoms with van der Waals surface area (Å²) in [4.78, 5) is 40.8. The molecule has 1 saturated heterocycles. The van der Waals surface area contributed by atoms with Crippen LogP contribution in [0.3, 0.4) is 0 Å². The van der Waals surface area contributed by atoms with Crippen LogP contribution >= 0.6 is 0 Å². The molecule has 10 heteroatoms. The van der Waals surface area contributed by atoms with E-state index in [9.17, 15) is 14.4 Å². The molecule has 1 fully saturated rings. The molecule has 30 heavy (non-hydrogen) atoms. The van der Waals surface area contributed by atoms with Crippen LogP contribution in [0.2, 0.25) is 0 Å². The monoisotopic (exact) mass is 418 g/mol. The highest BCUT2D eigenvalue weighted by Crippen LogP contribution is 2.25. The van der Waals surface area contributed by atoms with Crippen molar-refractivity contribution in [1.29, 1.82) is 0 Å². The lowest BCUT2D eigenvalue weighted by molar-refractivity contribution is -0.173. The zero-order valence-electron chi connectivity index (χ0n) is 17.5. The van der Waals surface area contributed by atoms with Crippen LogP contribution in [0.15, 0.2) is 35.4 Å². The van der Waals surface area contributed by atoms with E-state index >= 15 is 0 Å². The number of carbonyl (C=O) groups is 3. The van der Waals surface area contributed by atoms with Gasteiger partial charge in [0.15, 0.2) is 0 Å². The fourth-order valence-electron chi connectivity index (χ4n) is 2.97. The molecular weight excluding hydrogens is 392 g/mol. The van der Waals surface area contributed by atoms with Crippen molar-refractivity contribution < 1.29 is 28.6 Å². The highest BCUT2D eigenvalue weighted by atomic mass is 16.6. The highest BCUT2D eigenvalue weighted by molar-refractivity contribution is 5.80. The number of ether oxygens (including phenoxy) is 3. The molecule has 0 aromatic heterocycles. The smallest absolute Gasteiger partial charge is 0.410 e. The molecule has 1 heterocycles. The number of piperidine rings is 1. The summed E-state index contributed by atoms with van der Waals surface area (Å²) in [5.74, 6) is -1.41. The van der Waals surface area contributed by atoms with Crippen LogP contribution < -0.4 is 0 Å². The molecule has 1 amide bonds. The van der Waals surface area contributed by atoms with Gasteiger partial charge >= 0.3 is 18.0 Å². The van der Waals surface area contributed by atoms with E-state index < -0.39 is 41.9 Å². The molecule has 0 saturated carbocycles. The van der Waals surface area contributed by atoms with Gasteiger partial charge in [-0.15, -0.1) is 0 Å². The van der Waals surface area contributed by atoms with Crippen LogP contribution in [0.4, 0.5) is 4.79 Å². The van der Waals surface area contributed by atoms with Gasteiger partial charge in [-0.2, -0.15) is 0 Å². The normalized spacial score (nSPS) is 19.8. The molecule has 10 nitrogen and oxygen atoms in total. The molecule has 1 aliphatic heterocycles. The topological polar surface area (TPSA) is 131 Å². The molecule has 1 aliphatic rings. The Hall–Kier alpha value is -3.26. The largest absolute Gasteiger partial charge is 0.459 e. The Kier molecular flexibility index (Phi) is 7.66. The van der Waals surface area contributed by atoms with Gasteiger partial charge in [-0.05, 0) is 26.3 Å². The third kappa shape index (κ3) is 6.66. The summed E-state index contributed by atoms with van der Waals surface area (Å²) in [5, 5.41) is 3.69. The van der Waals surface area contributed by atoms with Gasteiger partial charge in [0.2, 0.25) is 6.10 Å². The fraction of sp³-hybridized carbons (Fsp3) is 0.550. The zero-order chi connectivity index (χ0) is 22.3. The number of nitrogens with zero attached hydrogens (tertiary/aromatic N) is 4. The van der Waals surface area contributed by atoms with Gasteiger partial charge < -0.3 is 19.1 Å². The van der Waals surface area contributed by atoms with Crippen LogP contribution in [0.1, 0.15) is 45.8 Å². The lowest BCUT2D eigenvalue weighted by Crippen LogP contribution is -2.51. The number of hydrogen-bond acceptors (Lipinski definition) is 7. The molecular formula is C20H26N4O6. The van der Waals surface area contributed by atoms with Crippen molar-refractivity contribution in [2.24, 2.45) is 5.11 Å². The number of carbonyl (C=O) groups excluding carboxylic acids is 3. The van der Waals surface area contributed by atoms with E-state index in [2.05, 4.69) is 10.0 Å². The Bertz CT molecular complexity index is 816. The van der Waals surface area contributed by atoms with Crippen LogP contribution in [0.25, 0.3) is 10.4 Å². The second kappa shape index (κ2) is 9.98. The lowest BCUT2D eigenvalue weighted by atomic mass is 10.0. The third-order valence-electron chi connectivity index (χ3n) is 4.24. The Labute approximate surface area is 174 Å². The van der Waals surface area contributed by atoms with Crippen LogP contribution in [0, 0.1) is 0 Å². The summed E-state index contributed by atoms with van der Waals surface area (Å²) in [6.45, 7) is 6.76. The number of azide groups is 1. The van der Waals surface area contributed by atoms with Gasteiger partial charge in [-0.25, -0.2) is 9.59 Å². The molecule has 0 spiro atoms. The van der Waals surface area contributed by atoms with Gasteiger partial charge in [-0.3, -0.25) is 4.79 Å². The number of hydrogen-bond donors (Lipinski definition) is 0. The van der Waals surface area contributed by atoms with Crippen molar-refractivity contribution in [2.75, 3.05) is 13.1 Å². The molecule has 0 bridgehead atoms. The van der Waals surface area contributed by atoms with E-state index in [1.807, 2.05) is 0 Å². The average molecular weight is 418 g/mol. The second-order valence-electron chi connectivity index (χ2n) is 7.86. The molecule has 0 N–H and O–H groups in total. The minimum absolute atomic E-state index is 0.0422. The predicted octanol–water partition coefficient (Wildman–Crippen LogP) is 3.52. The van der Waals surface area contributed by atoms with Gasteiger partial charge in [0.1, 0.15) is 11.7 Å². The molecule has 162 valence electrons. The minimum atomic E-state index is -1.24. The first-order valence-electron chi connectivity index (χ1n) is 9.55. The van der Waals surface area contributed by atoms with Gasteiger partial charge in [0, 0.05) is 36.9 Å². The summed E-state index contributed by atoms with van der Waals surface area (Å²) >= 11 is 0. The van der Waals surface area contributed by atoms with Crippen LogP contribution in [-0.4, -0.2) is 53.8 Å². The van der Waals surface area contributed by atoms with Crippen molar-refractivity contribution in [2.45, 2.75) is 58.0 Å². The number of likely N-dealkylation sites (tertiary alicyclic amines) is 1. The van der Waals surface area contributed by atoms with Crippen LogP contribution in [-0.2, 0) is 23.8 Å². The van der Waals surface area contributed by atoms with E-state index in [4.69, 9.17) is 19.7 Å². The van der Waals surface area contributed by atoms with E-state index in [1.165, 1.54) is 11.8 Å². The quantitative estimate of drug-likeness (QED) is 0.236. The maximum Gasteiger partial charge on any atom is 0.410 e. The van der Waals surface area contributed by atoms with Crippen molar-refractivity contribution in [1.82, 2.24) is 4.90 Å². The molecule has 3 atom stereocenters. The van der Waals surface area contributed by atoms with Gasteiger partial charge in [0.05, 0.1) is 6.04 Å². The maximum atomic E-state index is 12.8. The molecule has 1 aromatic carbocycles. The summed E-state index contributed by atoms with van der Waals surface area (Å²) in [6, 6.07) is 7.68. The Morgan fingerprint density at radius 1 is 1.23 bits per heavy atom. The molecule has 1 aromatic rings. The van der Waals surface area contributed by atoms with E-state index in [1.54, 1.807) is 51.1 Å². The minimum Gasteiger partial charge on any atom is -0.459 e. The SMILES string of the molecule is CC(=O)O[C@@H](C(=O)OC1CCN(C(=O)OC(C)(C)C)C[C@@H]1N=[N+]=[N-])c1ccccc1. The second-order valence-corrected chi connectivity index (χ2v) is 7.86. The predicted molar refractivity (Wildman–Crippen MR) is 106 cm³/mol. The zero-order valence-corrected chi connectivity index (χ0v) is 17.5. The number of benzene rings is 1. The van der Waals surface area contributed by atoms with Crippen molar-refractivity contribution in [3.8, 4) is 0 Å². The summed E-state index contributed by atoms with van der Waals surface area (Å²) in [6.07, 6.45) is -2.29. The molecule has 2 rings (SSSR count). The summed E-state index contributed by atoms with van der Waals surface area (Å²) in [7, 11) is 0. The van der Waals surface area contributed by atoms with E-state index in [0.717, 1.165) is 0 Å². The Morgan fingerprint density at radius 3 is 2.47 bits per heavy atom. The number of rotatable bonds is 5. The standard InChI is InChI=1S/C20H26N4O6/c1-13(25)28-17(14-8-6-5-7-9-14)18(26)29-16-10-11-24(12-15(16)22-23-21)19(27)30-20(2,3)4/h5-9,15-17H,10-12H2,1-4H3/t15-,16?,17+/m0/s1. The number of amides is 1. The van der Waals surface area contributed by atoms with Crippen molar-refractivity contribution in [3.05, 3.63) is 46.3 Å². The van der Waals surface area contributed by atoms with Crippen molar-refractivity contribution >= 4 is 18.0 Å². The molecule has 1 unspecified atom stereocenters. The third-order valence-corrected chi connectivity index (χ3v) is 4.24. The average Bonchev–Trinajstić information content (AvgIpc) is 2.66. The number of esters is 2. The van der Waals surface area contributed by atoms with Crippen molar-refractivity contribution in [3.63, 3.8) is 0 Å². The maximum absolute atomic E-state index is 12.8. The van der Waals surface area contributed by atoms with Gasteiger partial charge in [-0.1, -0.05) is 35.4 Å². The fourth-order valence-corrected chi connectivity index (χ4v) is 2.97. The summed E-state index contributed by atoms with van der Waals surface area (Å²) in [5.41, 5.74) is 8.70. The Morgan fingerprint density at radius 2 is 1.90 bits per heavy atom. The Balaban J connectivity index is 2.12. The van der Waals surface area contributed by atoms with E-state index in [-0.39, 0.29) is 19.5 Å². The first-order chi connectivity index (χ1) is 14.1. The molecule has 0 aliphatic carbocycles. The molecule has 0 radical (unpaired) electrons. The first-order valence-corrected chi connectivity index (χ1v) is 9.55. The lowest BCUT2D eigenvalue weighted by Gasteiger charge is -2.37. The summed E-state index contributed by atoms with van der Waals surface area (Å²) < 4.78 is 16.0.